The van der Waals surface area contributed by atoms with Gasteiger partial charge < -0.3 is 5.32 Å². The standard InChI is InChI=1S/C14H11Cl2NO3S/c1-9-8-11(15)4-7-13(9)17-14(18)10-2-5-12(6-3-10)21(16,19)20/h2-8H,1H3,(H,17,18). The molecule has 21 heavy (non-hydrogen) atoms. The van der Waals surface area contributed by atoms with Gasteiger partial charge in [-0.15, -0.1) is 0 Å². The highest BCUT2D eigenvalue weighted by Crippen LogP contribution is 2.21. The molecule has 0 aromatic heterocycles. The maximum absolute atomic E-state index is 12.1. The van der Waals surface area contributed by atoms with E-state index in [1.165, 1.54) is 24.3 Å². The second-order valence-electron chi connectivity index (χ2n) is 4.38. The van der Waals surface area contributed by atoms with Gasteiger partial charge in [0.2, 0.25) is 0 Å². The Hall–Kier alpha value is -1.56. The molecule has 4 nitrogen and oxygen atoms in total. The van der Waals surface area contributed by atoms with Crippen molar-refractivity contribution in [2.45, 2.75) is 11.8 Å². The van der Waals surface area contributed by atoms with Gasteiger partial charge >= 0.3 is 0 Å². The van der Waals surface area contributed by atoms with Crippen molar-refractivity contribution in [1.82, 2.24) is 0 Å². The molecule has 0 radical (unpaired) electrons. The van der Waals surface area contributed by atoms with E-state index in [4.69, 9.17) is 22.3 Å². The van der Waals surface area contributed by atoms with Crippen LogP contribution in [0.5, 0.6) is 0 Å². The molecular formula is C14H11Cl2NO3S. The normalized spacial score (nSPS) is 11.2. The van der Waals surface area contributed by atoms with Gasteiger partial charge in [0.05, 0.1) is 4.90 Å². The molecule has 0 heterocycles. The number of hydrogen-bond donors (Lipinski definition) is 1. The number of rotatable bonds is 3. The van der Waals surface area contributed by atoms with Crippen LogP contribution in [0.3, 0.4) is 0 Å². The number of hydrogen-bond acceptors (Lipinski definition) is 3. The highest BCUT2D eigenvalue weighted by Gasteiger charge is 2.12. The molecule has 2 aromatic carbocycles. The van der Waals surface area contributed by atoms with Gasteiger partial charge in [-0.1, -0.05) is 11.6 Å². The fourth-order valence-corrected chi connectivity index (χ4v) is 2.73. The monoisotopic (exact) mass is 343 g/mol. The second-order valence-corrected chi connectivity index (χ2v) is 7.38. The van der Waals surface area contributed by atoms with Gasteiger partial charge in [0, 0.05) is 27.0 Å². The summed E-state index contributed by atoms with van der Waals surface area (Å²) in [6.07, 6.45) is 0. The first-order valence-electron chi connectivity index (χ1n) is 5.89. The lowest BCUT2D eigenvalue weighted by molar-refractivity contribution is 0.102. The first-order valence-corrected chi connectivity index (χ1v) is 8.58. The van der Waals surface area contributed by atoms with E-state index in [1.807, 2.05) is 6.92 Å². The van der Waals surface area contributed by atoms with Crippen molar-refractivity contribution in [2.24, 2.45) is 0 Å². The molecule has 1 N–H and O–H groups in total. The van der Waals surface area contributed by atoms with Crippen LogP contribution in [0.2, 0.25) is 5.02 Å². The van der Waals surface area contributed by atoms with E-state index < -0.39 is 9.05 Å². The van der Waals surface area contributed by atoms with E-state index in [0.29, 0.717) is 16.3 Å². The van der Waals surface area contributed by atoms with E-state index in [2.05, 4.69) is 5.32 Å². The average molecular weight is 344 g/mol. The molecule has 0 unspecified atom stereocenters. The summed E-state index contributed by atoms with van der Waals surface area (Å²) in [6.45, 7) is 1.82. The lowest BCUT2D eigenvalue weighted by Gasteiger charge is -2.09. The Bertz CT molecular complexity index is 786. The number of carbonyl (C=O) groups is 1. The summed E-state index contributed by atoms with van der Waals surface area (Å²) < 4.78 is 22.3. The zero-order valence-corrected chi connectivity index (χ0v) is 13.3. The summed E-state index contributed by atoms with van der Waals surface area (Å²) in [5.74, 6) is -0.348. The zero-order valence-electron chi connectivity index (χ0n) is 10.9. The number of carbonyl (C=O) groups excluding carboxylic acids is 1. The van der Waals surface area contributed by atoms with Gasteiger partial charge in [0.15, 0.2) is 0 Å². The minimum absolute atomic E-state index is 0.0524. The van der Waals surface area contributed by atoms with Gasteiger partial charge in [-0.3, -0.25) is 4.79 Å². The van der Waals surface area contributed by atoms with Crippen LogP contribution in [0, 0.1) is 6.92 Å². The predicted octanol–water partition coefficient (Wildman–Crippen LogP) is 3.83. The summed E-state index contributed by atoms with van der Waals surface area (Å²) in [5, 5.41) is 3.32. The number of halogens is 2. The zero-order chi connectivity index (χ0) is 15.6. The quantitative estimate of drug-likeness (QED) is 0.861. The van der Waals surface area contributed by atoms with Crippen LogP contribution in [0.15, 0.2) is 47.4 Å². The third-order valence-electron chi connectivity index (χ3n) is 2.83. The SMILES string of the molecule is Cc1cc(Cl)ccc1NC(=O)c1ccc(S(=O)(=O)Cl)cc1. The Morgan fingerprint density at radius 2 is 1.71 bits per heavy atom. The summed E-state index contributed by atoms with van der Waals surface area (Å²) in [5.41, 5.74) is 1.79. The molecule has 0 aliphatic rings. The number of anilines is 1. The fourth-order valence-electron chi connectivity index (χ4n) is 1.73. The number of benzene rings is 2. The number of amides is 1. The lowest BCUT2D eigenvalue weighted by atomic mass is 10.1. The average Bonchev–Trinajstić information content (AvgIpc) is 2.41. The molecule has 0 saturated carbocycles. The molecule has 0 bridgehead atoms. The molecule has 2 rings (SSSR count). The molecular weight excluding hydrogens is 333 g/mol. The van der Waals surface area contributed by atoms with Crippen molar-refractivity contribution in [2.75, 3.05) is 5.32 Å². The number of nitrogens with one attached hydrogen (secondary N) is 1. The summed E-state index contributed by atoms with van der Waals surface area (Å²) >= 11 is 5.85. The van der Waals surface area contributed by atoms with Crippen LogP contribution in [0.25, 0.3) is 0 Å². The molecule has 0 atom stereocenters. The van der Waals surface area contributed by atoms with Crippen molar-refractivity contribution in [3.63, 3.8) is 0 Å². The van der Waals surface area contributed by atoms with Crippen LogP contribution < -0.4 is 5.32 Å². The molecule has 0 saturated heterocycles. The predicted molar refractivity (Wildman–Crippen MR) is 83.6 cm³/mol. The van der Waals surface area contributed by atoms with E-state index in [0.717, 1.165) is 5.56 Å². The molecule has 0 fully saturated rings. The van der Waals surface area contributed by atoms with E-state index in [9.17, 15) is 13.2 Å². The van der Waals surface area contributed by atoms with Crippen LogP contribution in [-0.2, 0) is 9.05 Å². The van der Waals surface area contributed by atoms with E-state index in [1.54, 1.807) is 18.2 Å². The van der Waals surface area contributed by atoms with E-state index >= 15 is 0 Å². The minimum atomic E-state index is -3.79. The molecule has 0 spiro atoms. The van der Waals surface area contributed by atoms with Crippen molar-refractivity contribution in [3.05, 3.63) is 58.6 Å². The molecule has 0 aliphatic carbocycles. The maximum atomic E-state index is 12.1. The molecule has 110 valence electrons. The van der Waals surface area contributed by atoms with Crippen molar-refractivity contribution in [3.8, 4) is 0 Å². The van der Waals surface area contributed by atoms with Crippen LogP contribution in [0.4, 0.5) is 5.69 Å². The Balaban J connectivity index is 2.21. The molecule has 2 aromatic rings. The highest BCUT2D eigenvalue weighted by atomic mass is 35.7. The molecule has 1 amide bonds. The third kappa shape index (κ3) is 3.97. The van der Waals surface area contributed by atoms with Gasteiger partial charge in [-0.25, -0.2) is 8.42 Å². The van der Waals surface area contributed by atoms with Crippen molar-refractivity contribution in [1.29, 1.82) is 0 Å². The topological polar surface area (TPSA) is 63.2 Å². The van der Waals surface area contributed by atoms with Crippen LogP contribution in [0.1, 0.15) is 15.9 Å². The molecule has 7 heteroatoms. The third-order valence-corrected chi connectivity index (χ3v) is 4.44. The Labute approximate surface area is 132 Å². The lowest BCUT2D eigenvalue weighted by Crippen LogP contribution is -2.12. The summed E-state index contributed by atoms with van der Waals surface area (Å²) in [6, 6.07) is 10.5. The van der Waals surface area contributed by atoms with Crippen LogP contribution >= 0.6 is 22.3 Å². The van der Waals surface area contributed by atoms with Gasteiger partial charge in [0.25, 0.3) is 15.0 Å². The Morgan fingerprint density at radius 3 is 2.24 bits per heavy atom. The highest BCUT2D eigenvalue weighted by molar-refractivity contribution is 8.13. The largest absolute Gasteiger partial charge is 0.322 e. The maximum Gasteiger partial charge on any atom is 0.261 e. The van der Waals surface area contributed by atoms with Gasteiger partial charge in [0.1, 0.15) is 0 Å². The van der Waals surface area contributed by atoms with Gasteiger partial charge in [-0.2, -0.15) is 0 Å². The first kappa shape index (κ1) is 15.8. The van der Waals surface area contributed by atoms with Crippen molar-refractivity contribution >= 4 is 42.9 Å². The first-order chi connectivity index (χ1) is 9.77. The van der Waals surface area contributed by atoms with E-state index in [-0.39, 0.29) is 10.8 Å². The fraction of sp³-hybridized carbons (Fsp3) is 0.0714. The van der Waals surface area contributed by atoms with Crippen molar-refractivity contribution < 1.29 is 13.2 Å². The Kier molecular flexibility index (Phi) is 4.56. The smallest absolute Gasteiger partial charge is 0.261 e. The summed E-state index contributed by atoms with van der Waals surface area (Å²) in [4.78, 5) is 12.0. The van der Waals surface area contributed by atoms with Crippen LogP contribution in [-0.4, -0.2) is 14.3 Å². The summed E-state index contributed by atoms with van der Waals surface area (Å²) in [7, 11) is 1.43. The molecule has 0 aliphatic heterocycles. The minimum Gasteiger partial charge on any atom is -0.322 e. The Morgan fingerprint density at radius 1 is 1.10 bits per heavy atom. The number of aryl methyl sites for hydroxylation is 1. The second kappa shape index (κ2) is 6.05. The van der Waals surface area contributed by atoms with Gasteiger partial charge in [-0.05, 0) is 55.0 Å².